The molecule has 1 aromatic rings. The summed E-state index contributed by atoms with van der Waals surface area (Å²) in [6.07, 6.45) is 1.96. The summed E-state index contributed by atoms with van der Waals surface area (Å²) in [6.45, 7) is 3.61. The van der Waals surface area contributed by atoms with Crippen LogP contribution in [0.3, 0.4) is 0 Å². The summed E-state index contributed by atoms with van der Waals surface area (Å²) in [5, 5.41) is 6.16. The second-order valence-corrected chi connectivity index (χ2v) is 4.83. The summed E-state index contributed by atoms with van der Waals surface area (Å²) < 4.78 is 13.1. The molecule has 0 unspecified atom stereocenters. The molecule has 98 valence electrons. The highest BCUT2D eigenvalue weighted by Gasteiger charge is 2.22. The largest absolute Gasteiger partial charge is 0.349 e. The number of benzene rings is 1. The van der Waals surface area contributed by atoms with Gasteiger partial charge in [0.1, 0.15) is 5.82 Å². The minimum absolute atomic E-state index is 0.0368. The van der Waals surface area contributed by atoms with Crippen LogP contribution in [0.25, 0.3) is 0 Å². The van der Waals surface area contributed by atoms with Gasteiger partial charge in [-0.2, -0.15) is 0 Å². The lowest BCUT2D eigenvalue weighted by atomic mass is 9.98. The summed E-state index contributed by atoms with van der Waals surface area (Å²) >= 11 is 0. The van der Waals surface area contributed by atoms with Gasteiger partial charge in [-0.1, -0.05) is 12.1 Å². The molecule has 2 atom stereocenters. The summed E-state index contributed by atoms with van der Waals surface area (Å²) in [5.41, 5.74) is 0.798. The van der Waals surface area contributed by atoms with Crippen molar-refractivity contribution in [1.82, 2.24) is 10.6 Å². The van der Waals surface area contributed by atoms with Gasteiger partial charge in [0.25, 0.3) is 0 Å². The maximum Gasteiger partial charge on any atom is 0.224 e. The molecule has 1 aromatic carbocycles. The first-order valence-corrected chi connectivity index (χ1v) is 6.43. The van der Waals surface area contributed by atoms with Crippen LogP contribution in [0.5, 0.6) is 0 Å². The minimum atomic E-state index is -0.270. The first kappa shape index (κ1) is 13.0. The number of amides is 1. The average Bonchev–Trinajstić information content (AvgIpc) is 2.39. The fourth-order valence-corrected chi connectivity index (χ4v) is 2.27. The van der Waals surface area contributed by atoms with Gasteiger partial charge < -0.3 is 10.6 Å². The van der Waals surface area contributed by atoms with E-state index in [1.807, 2.05) is 13.0 Å². The molecule has 1 heterocycles. The van der Waals surface area contributed by atoms with E-state index in [0.29, 0.717) is 0 Å². The van der Waals surface area contributed by atoms with E-state index in [-0.39, 0.29) is 23.7 Å². The molecule has 1 amide bonds. The second kappa shape index (κ2) is 5.96. The Labute approximate surface area is 107 Å². The third-order valence-corrected chi connectivity index (χ3v) is 3.38. The second-order valence-electron chi connectivity index (χ2n) is 4.83. The SMILES string of the molecule is C[C@H](NC(=O)[C@H]1CCCNC1)c1cccc(F)c1. The summed E-state index contributed by atoms with van der Waals surface area (Å²) in [6, 6.07) is 6.20. The van der Waals surface area contributed by atoms with Crippen molar-refractivity contribution in [3.05, 3.63) is 35.6 Å². The maximum atomic E-state index is 13.1. The van der Waals surface area contributed by atoms with E-state index in [4.69, 9.17) is 0 Å². The van der Waals surface area contributed by atoms with Gasteiger partial charge in [-0.3, -0.25) is 4.79 Å². The molecule has 0 spiro atoms. The predicted molar refractivity (Wildman–Crippen MR) is 68.6 cm³/mol. The lowest BCUT2D eigenvalue weighted by Gasteiger charge is -2.24. The summed E-state index contributed by atoms with van der Waals surface area (Å²) in [5.74, 6) is -0.179. The van der Waals surface area contributed by atoms with Crippen LogP contribution in [0.4, 0.5) is 4.39 Å². The molecule has 0 aromatic heterocycles. The number of hydrogen-bond acceptors (Lipinski definition) is 2. The molecule has 1 aliphatic rings. The lowest BCUT2D eigenvalue weighted by Crippen LogP contribution is -2.41. The zero-order valence-corrected chi connectivity index (χ0v) is 10.6. The highest BCUT2D eigenvalue weighted by molar-refractivity contribution is 5.79. The van der Waals surface area contributed by atoms with Crippen LogP contribution in [0.15, 0.2) is 24.3 Å². The van der Waals surface area contributed by atoms with Crippen LogP contribution in [-0.2, 0) is 4.79 Å². The number of halogens is 1. The van der Waals surface area contributed by atoms with Crippen LogP contribution in [0.1, 0.15) is 31.4 Å². The molecular formula is C14H19FN2O. The van der Waals surface area contributed by atoms with E-state index in [1.54, 1.807) is 6.07 Å². The van der Waals surface area contributed by atoms with E-state index in [1.165, 1.54) is 12.1 Å². The molecule has 4 heteroatoms. The quantitative estimate of drug-likeness (QED) is 0.861. The van der Waals surface area contributed by atoms with E-state index in [0.717, 1.165) is 31.5 Å². The first-order valence-electron chi connectivity index (χ1n) is 6.43. The van der Waals surface area contributed by atoms with Crippen LogP contribution in [-0.4, -0.2) is 19.0 Å². The fourth-order valence-electron chi connectivity index (χ4n) is 2.27. The molecule has 1 saturated heterocycles. The van der Waals surface area contributed by atoms with E-state index >= 15 is 0 Å². The molecule has 2 N–H and O–H groups in total. The normalized spacial score (nSPS) is 21.3. The molecule has 1 fully saturated rings. The van der Waals surface area contributed by atoms with Gasteiger partial charge in [0, 0.05) is 6.54 Å². The molecule has 0 saturated carbocycles. The Morgan fingerprint density at radius 2 is 2.39 bits per heavy atom. The first-order chi connectivity index (χ1) is 8.66. The Hall–Kier alpha value is -1.42. The number of rotatable bonds is 3. The zero-order chi connectivity index (χ0) is 13.0. The van der Waals surface area contributed by atoms with Crippen molar-refractivity contribution in [1.29, 1.82) is 0 Å². The lowest BCUT2D eigenvalue weighted by molar-refractivity contribution is -0.126. The Kier molecular flexibility index (Phi) is 4.31. The van der Waals surface area contributed by atoms with Crippen molar-refractivity contribution in [3.63, 3.8) is 0 Å². The highest BCUT2D eigenvalue weighted by Crippen LogP contribution is 2.16. The van der Waals surface area contributed by atoms with Gasteiger partial charge in [-0.15, -0.1) is 0 Å². The van der Waals surface area contributed by atoms with Crippen molar-refractivity contribution >= 4 is 5.91 Å². The van der Waals surface area contributed by atoms with Gasteiger partial charge in [-0.25, -0.2) is 4.39 Å². The van der Waals surface area contributed by atoms with Crippen molar-refractivity contribution in [2.24, 2.45) is 5.92 Å². The highest BCUT2D eigenvalue weighted by atomic mass is 19.1. The Morgan fingerprint density at radius 1 is 1.56 bits per heavy atom. The van der Waals surface area contributed by atoms with Gasteiger partial charge in [0.15, 0.2) is 0 Å². The van der Waals surface area contributed by atoms with Crippen molar-refractivity contribution in [3.8, 4) is 0 Å². The molecule has 0 radical (unpaired) electrons. The van der Waals surface area contributed by atoms with E-state index < -0.39 is 0 Å². The third kappa shape index (κ3) is 3.29. The molecule has 1 aliphatic heterocycles. The molecule has 0 aliphatic carbocycles. The van der Waals surface area contributed by atoms with Gasteiger partial charge in [0.05, 0.1) is 12.0 Å². The number of hydrogen-bond donors (Lipinski definition) is 2. The smallest absolute Gasteiger partial charge is 0.224 e. The van der Waals surface area contributed by atoms with Crippen molar-refractivity contribution in [2.75, 3.05) is 13.1 Å². The minimum Gasteiger partial charge on any atom is -0.349 e. The third-order valence-electron chi connectivity index (χ3n) is 3.38. The van der Waals surface area contributed by atoms with Gasteiger partial charge in [0.2, 0.25) is 5.91 Å². The molecular weight excluding hydrogens is 231 g/mol. The van der Waals surface area contributed by atoms with E-state index in [9.17, 15) is 9.18 Å². The monoisotopic (exact) mass is 250 g/mol. The summed E-state index contributed by atoms with van der Waals surface area (Å²) in [7, 11) is 0. The van der Waals surface area contributed by atoms with Gasteiger partial charge in [-0.05, 0) is 44.0 Å². The topological polar surface area (TPSA) is 41.1 Å². The zero-order valence-electron chi connectivity index (χ0n) is 10.6. The molecule has 18 heavy (non-hydrogen) atoms. The molecule has 0 bridgehead atoms. The molecule has 3 nitrogen and oxygen atoms in total. The fraction of sp³-hybridized carbons (Fsp3) is 0.500. The number of piperidine rings is 1. The molecule has 2 rings (SSSR count). The Bertz CT molecular complexity index is 416. The number of carbonyl (C=O) groups excluding carboxylic acids is 1. The van der Waals surface area contributed by atoms with Crippen LogP contribution >= 0.6 is 0 Å². The van der Waals surface area contributed by atoms with Crippen molar-refractivity contribution in [2.45, 2.75) is 25.8 Å². The van der Waals surface area contributed by atoms with Crippen LogP contribution < -0.4 is 10.6 Å². The standard InChI is InChI=1S/C14H19FN2O/c1-10(11-4-2-6-13(15)8-11)17-14(18)12-5-3-7-16-9-12/h2,4,6,8,10,12,16H,3,5,7,9H2,1H3,(H,17,18)/t10-,12-/m0/s1. The maximum absolute atomic E-state index is 13.1. The van der Waals surface area contributed by atoms with Crippen molar-refractivity contribution < 1.29 is 9.18 Å². The Morgan fingerprint density at radius 3 is 3.06 bits per heavy atom. The predicted octanol–water partition coefficient (Wildman–Crippen LogP) is 2.00. The van der Waals surface area contributed by atoms with Gasteiger partial charge >= 0.3 is 0 Å². The summed E-state index contributed by atoms with van der Waals surface area (Å²) in [4.78, 5) is 12.0. The number of carbonyl (C=O) groups is 1. The number of nitrogens with one attached hydrogen (secondary N) is 2. The average molecular weight is 250 g/mol. The van der Waals surface area contributed by atoms with Crippen LogP contribution in [0, 0.1) is 11.7 Å². The van der Waals surface area contributed by atoms with E-state index in [2.05, 4.69) is 10.6 Å². The van der Waals surface area contributed by atoms with Crippen LogP contribution in [0.2, 0.25) is 0 Å². The Balaban J connectivity index is 1.94.